The molecule has 0 saturated heterocycles. The van der Waals surface area contributed by atoms with E-state index >= 15 is 0 Å². The molecular formula is C19H23NO3. The molecule has 0 aromatic heterocycles. The van der Waals surface area contributed by atoms with Crippen molar-refractivity contribution in [2.24, 2.45) is 0 Å². The van der Waals surface area contributed by atoms with Gasteiger partial charge in [-0.05, 0) is 30.0 Å². The van der Waals surface area contributed by atoms with E-state index in [0.717, 1.165) is 29.9 Å². The van der Waals surface area contributed by atoms with Crippen LogP contribution in [0.25, 0.3) is 0 Å². The Morgan fingerprint density at radius 2 is 1.78 bits per heavy atom. The van der Waals surface area contributed by atoms with Crippen LogP contribution in [0.1, 0.15) is 17.5 Å². The molecule has 4 nitrogen and oxygen atoms in total. The van der Waals surface area contributed by atoms with Crippen LogP contribution in [0.15, 0.2) is 48.5 Å². The number of rotatable bonds is 8. The number of hydrogen-bond acceptors (Lipinski definition) is 3. The molecule has 4 heteroatoms. The molecule has 0 aliphatic carbocycles. The molecule has 23 heavy (non-hydrogen) atoms. The average molecular weight is 313 g/mol. The summed E-state index contributed by atoms with van der Waals surface area (Å²) in [7, 11) is 3.26. The zero-order valence-corrected chi connectivity index (χ0v) is 13.7. The molecule has 0 unspecified atom stereocenters. The van der Waals surface area contributed by atoms with Crippen molar-refractivity contribution in [2.45, 2.75) is 19.3 Å². The van der Waals surface area contributed by atoms with Gasteiger partial charge in [-0.1, -0.05) is 36.4 Å². The molecule has 2 rings (SSSR count). The van der Waals surface area contributed by atoms with Crippen LogP contribution in [0.3, 0.4) is 0 Å². The first-order valence-corrected chi connectivity index (χ1v) is 7.74. The van der Waals surface area contributed by atoms with Gasteiger partial charge in [0, 0.05) is 19.0 Å². The Labute approximate surface area is 137 Å². The van der Waals surface area contributed by atoms with Gasteiger partial charge in [-0.2, -0.15) is 0 Å². The number of methoxy groups -OCH3 is 2. The maximum atomic E-state index is 11.9. The highest BCUT2D eigenvalue weighted by Gasteiger charge is 2.06. The van der Waals surface area contributed by atoms with Gasteiger partial charge in [0.15, 0.2) is 0 Å². The van der Waals surface area contributed by atoms with E-state index in [4.69, 9.17) is 9.47 Å². The lowest BCUT2D eigenvalue weighted by Crippen LogP contribution is -2.26. The molecule has 0 fully saturated rings. The molecule has 0 aliphatic rings. The quantitative estimate of drug-likeness (QED) is 0.815. The summed E-state index contributed by atoms with van der Waals surface area (Å²) in [6, 6.07) is 15.7. The van der Waals surface area contributed by atoms with E-state index in [1.54, 1.807) is 14.2 Å². The normalized spacial score (nSPS) is 10.2. The molecule has 0 saturated carbocycles. The zero-order chi connectivity index (χ0) is 16.5. The Kier molecular flexibility index (Phi) is 6.48. The van der Waals surface area contributed by atoms with Gasteiger partial charge in [-0.3, -0.25) is 4.79 Å². The maximum absolute atomic E-state index is 11.9. The van der Waals surface area contributed by atoms with Crippen LogP contribution in [0.2, 0.25) is 0 Å². The minimum atomic E-state index is 0.0707. The summed E-state index contributed by atoms with van der Waals surface area (Å²) in [5.41, 5.74) is 2.23. The first-order chi connectivity index (χ1) is 11.2. The zero-order valence-electron chi connectivity index (χ0n) is 13.7. The third-order valence-electron chi connectivity index (χ3n) is 3.69. The molecule has 0 heterocycles. The molecule has 0 aliphatic heterocycles. The highest BCUT2D eigenvalue weighted by molar-refractivity contribution is 5.76. The number of ether oxygens (including phenoxy) is 2. The van der Waals surface area contributed by atoms with Gasteiger partial charge in [0.25, 0.3) is 0 Å². The Bertz CT molecular complexity index is 626. The van der Waals surface area contributed by atoms with Crippen molar-refractivity contribution in [3.8, 4) is 11.5 Å². The topological polar surface area (TPSA) is 47.6 Å². The largest absolute Gasteiger partial charge is 0.497 e. The third kappa shape index (κ3) is 5.33. The lowest BCUT2D eigenvalue weighted by Gasteiger charge is -2.11. The van der Waals surface area contributed by atoms with Crippen LogP contribution in [-0.4, -0.2) is 26.7 Å². The van der Waals surface area contributed by atoms with Crippen molar-refractivity contribution in [2.75, 3.05) is 20.8 Å². The van der Waals surface area contributed by atoms with Crippen molar-refractivity contribution in [1.82, 2.24) is 5.32 Å². The molecule has 0 spiro atoms. The first kappa shape index (κ1) is 16.9. The van der Waals surface area contributed by atoms with Crippen molar-refractivity contribution in [1.29, 1.82) is 0 Å². The second-order valence-corrected chi connectivity index (χ2v) is 5.26. The minimum Gasteiger partial charge on any atom is -0.497 e. The molecule has 0 atom stereocenters. The molecule has 2 aromatic rings. The standard InChI is InChI=1S/C19H23NO3/c1-22-17-10-9-16(18(14-17)23-2)12-13-20-19(21)11-8-15-6-4-3-5-7-15/h3-7,9-10,14H,8,11-13H2,1-2H3,(H,20,21). The van der Waals surface area contributed by atoms with Gasteiger partial charge in [0.2, 0.25) is 5.91 Å². The smallest absolute Gasteiger partial charge is 0.220 e. The van der Waals surface area contributed by atoms with E-state index in [-0.39, 0.29) is 5.91 Å². The lowest BCUT2D eigenvalue weighted by atomic mass is 10.1. The van der Waals surface area contributed by atoms with Crippen molar-refractivity contribution < 1.29 is 14.3 Å². The SMILES string of the molecule is COc1ccc(CCNC(=O)CCc2ccccc2)c(OC)c1. The fraction of sp³-hybridized carbons (Fsp3) is 0.316. The number of carbonyl (C=O) groups is 1. The predicted molar refractivity (Wildman–Crippen MR) is 91.0 cm³/mol. The number of carbonyl (C=O) groups excluding carboxylic acids is 1. The monoisotopic (exact) mass is 313 g/mol. The van der Waals surface area contributed by atoms with E-state index in [1.807, 2.05) is 48.5 Å². The average Bonchev–Trinajstić information content (AvgIpc) is 2.61. The highest BCUT2D eigenvalue weighted by atomic mass is 16.5. The Hall–Kier alpha value is -2.49. The summed E-state index contributed by atoms with van der Waals surface area (Å²) in [6.07, 6.45) is 1.99. The summed E-state index contributed by atoms with van der Waals surface area (Å²) in [4.78, 5) is 11.9. The maximum Gasteiger partial charge on any atom is 0.220 e. The van der Waals surface area contributed by atoms with E-state index in [9.17, 15) is 4.79 Å². The molecule has 0 radical (unpaired) electrons. The Morgan fingerprint density at radius 3 is 2.48 bits per heavy atom. The minimum absolute atomic E-state index is 0.0707. The van der Waals surface area contributed by atoms with Crippen molar-refractivity contribution >= 4 is 5.91 Å². The van der Waals surface area contributed by atoms with Gasteiger partial charge in [-0.15, -0.1) is 0 Å². The first-order valence-electron chi connectivity index (χ1n) is 7.74. The number of aryl methyl sites for hydroxylation is 1. The summed E-state index contributed by atoms with van der Waals surface area (Å²) in [5.74, 6) is 1.61. The fourth-order valence-electron chi connectivity index (χ4n) is 2.39. The van der Waals surface area contributed by atoms with Gasteiger partial charge in [-0.25, -0.2) is 0 Å². The number of benzene rings is 2. The van der Waals surface area contributed by atoms with Crippen LogP contribution in [0.5, 0.6) is 11.5 Å². The van der Waals surface area contributed by atoms with E-state index in [1.165, 1.54) is 5.56 Å². The lowest BCUT2D eigenvalue weighted by molar-refractivity contribution is -0.121. The van der Waals surface area contributed by atoms with Gasteiger partial charge < -0.3 is 14.8 Å². The van der Waals surface area contributed by atoms with E-state index < -0.39 is 0 Å². The predicted octanol–water partition coefficient (Wildman–Crippen LogP) is 3.00. The van der Waals surface area contributed by atoms with Gasteiger partial charge in [0.05, 0.1) is 14.2 Å². The molecule has 0 bridgehead atoms. The summed E-state index contributed by atoms with van der Waals surface area (Å²) in [5, 5.41) is 2.96. The summed E-state index contributed by atoms with van der Waals surface area (Å²) >= 11 is 0. The summed E-state index contributed by atoms with van der Waals surface area (Å²) < 4.78 is 10.5. The fourth-order valence-corrected chi connectivity index (χ4v) is 2.39. The summed E-state index contributed by atoms with van der Waals surface area (Å²) in [6.45, 7) is 0.594. The Balaban J connectivity index is 1.77. The number of hydrogen-bond donors (Lipinski definition) is 1. The highest BCUT2D eigenvalue weighted by Crippen LogP contribution is 2.24. The van der Waals surface area contributed by atoms with Gasteiger partial charge >= 0.3 is 0 Å². The molecule has 1 amide bonds. The third-order valence-corrected chi connectivity index (χ3v) is 3.69. The van der Waals surface area contributed by atoms with Gasteiger partial charge in [0.1, 0.15) is 11.5 Å². The van der Waals surface area contributed by atoms with E-state index in [2.05, 4.69) is 5.32 Å². The van der Waals surface area contributed by atoms with Crippen LogP contribution in [0.4, 0.5) is 0 Å². The van der Waals surface area contributed by atoms with Crippen LogP contribution < -0.4 is 14.8 Å². The molecule has 2 aromatic carbocycles. The van der Waals surface area contributed by atoms with Crippen LogP contribution >= 0.6 is 0 Å². The Morgan fingerprint density at radius 1 is 1.00 bits per heavy atom. The van der Waals surface area contributed by atoms with E-state index in [0.29, 0.717) is 13.0 Å². The second kappa shape index (κ2) is 8.83. The number of amides is 1. The van der Waals surface area contributed by atoms with Crippen molar-refractivity contribution in [3.05, 3.63) is 59.7 Å². The van der Waals surface area contributed by atoms with Crippen LogP contribution in [-0.2, 0) is 17.6 Å². The van der Waals surface area contributed by atoms with Crippen LogP contribution in [0, 0.1) is 0 Å². The number of nitrogens with one attached hydrogen (secondary N) is 1. The van der Waals surface area contributed by atoms with Crippen molar-refractivity contribution in [3.63, 3.8) is 0 Å². The molecule has 122 valence electrons. The molecule has 1 N–H and O–H groups in total. The second-order valence-electron chi connectivity index (χ2n) is 5.26. The molecular weight excluding hydrogens is 290 g/mol.